The van der Waals surface area contributed by atoms with Crippen LogP contribution in [0, 0.1) is 0 Å². The van der Waals surface area contributed by atoms with Crippen LogP contribution in [0.5, 0.6) is 0 Å². The third-order valence-corrected chi connectivity index (χ3v) is 5.01. The summed E-state index contributed by atoms with van der Waals surface area (Å²) in [6.45, 7) is 0. The number of hydrogen-bond acceptors (Lipinski definition) is 1. The second kappa shape index (κ2) is 6.33. The summed E-state index contributed by atoms with van der Waals surface area (Å²) in [4.78, 5) is 1.32. The maximum absolute atomic E-state index is 6.25. The Morgan fingerprint density at radius 2 is 1.78 bits per heavy atom. The van der Waals surface area contributed by atoms with E-state index in [0.717, 1.165) is 5.56 Å². The van der Waals surface area contributed by atoms with Gasteiger partial charge in [-0.3, -0.25) is 0 Å². The Morgan fingerprint density at radius 1 is 1.06 bits per heavy atom. The van der Waals surface area contributed by atoms with Crippen molar-refractivity contribution in [3.63, 3.8) is 0 Å². The van der Waals surface area contributed by atoms with Crippen molar-refractivity contribution in [1.29, 1.82) is 0 Å². The second-order valence-electron chi connectivity index (χ2n) is 3.77. The van der Waals surface area contributed by atoms with Crippen LogP contribution in [-0.4, -0.2) is 6.26 Å². The molecule has 0 saturated heterocycles. The molecule has 1 atom stereocenters. The third-order valence-electron chi connectivity index (χ3n) is 2.65. The van der Waals surface area contributed by atoms with E-state index in [-0.39, 0.29) is 4.83 Å². The Kier molecular flexibility index (Phi) is 5.02. The molecule has 0 amide bonds. The molecule has 4 heteroatoms. The van der Waals surface area contributed by atoms with E-state index in [0.29, 0.717) is 10.0 Å². The molecule has 0 N–H and O–H groups in total. The Bertz CT molecular complexity index is 557. The summed E-state index contributed by atoms with van der Waals surface area (Å²) in [7, 11) is 0. The lowest BCUT2D eigenvalue weighted by Crippen LogP contribution is -1.95. The van der Waals surface area contributed by atoms with E-state index in [1.807, 2.05) is 24.3 Å². The first-order valence-corrected chi connectivity index (χ1v) is 8.25. The summed E-state index contributed by atoms with van der Waals surface area (Å²) in [6.07, 6.45) is 2.07. The quantitative estimate of drug-likeness (QED) is 0.463. The molecule has 2 aromatic carbocycles. The smallest absolute Gasteiger partial charge is 0.0670 e. The number of rotatable bonds is 3. The molecule has 0 spiro atoms. The van der Waals surface area contributed by atoms with Crippen molar-refractivity contribution in [2.75, 3.05) is 6.26 Å². The summed E-state index contributed by atoms with van der Waals surface area (Å²) in [6, 6.07) is 13.9. The van der Waals surface area contributed by atoms with Crippen LogP contribution in [0.15, 0.2) is 47.4 Å². The molecule has 0 aliphatic carbocycles. The molecule has 2 rings (SSSR count). The van der Waals surface area contributed by atoms with Crippen LogP contribution in [0.1, 0.15) is 16.0 Å². The number of benzene rings is 2. The van der Waals surface area contributed by atoms with Gasteiger partial charge in [-0.1, -0.05) is 63.4 Å². The molecule has 0 aliphatic rings. The monoisotopic (exact) mass is 360 g/mol. The van der Waals surface area contributed by atoms with Gasteiger partial charge in [0.25, 0.3) is 0 Å². The first-order valence-electron chi connectivity index (χ1n) is 5.35. The SMILES string of the molecule is CSc1ccccc1C(Br)c1ccc(Cl)cc1Cl. The number of thioether (sulfide) groups is 1. The first kappa shape index (κ1) is 14.3. The zero-order chi connectivity index (χ0) is 13.1. The van der Waals surface area contributed by atoms with Crippen molar-refractivity contribution in [1.82, 2.24) is 0 Å². The van der Waals surface area contributed by atoms with Gasteiger partial charge in [0, 0.05) is 14.9 Å². The van der Waals surface area contributed by atoms with E-state index in [4.69, 9.17) is 23.2 Å². The van der Waals surface area contributed by atoms with Gasteiger partial charge in [0.05, 0.1) is 4.83 Å². The fraction of sp³-hybridized carbons (Fsp3) is 0.143. The Labute approximate surface area is 130 Å². The van der Waals surface area contributed by atoms with Gasteiger partial charge in [0.1, 0.15) is 0 Å². The lowest BCUT2D eigenvalue weighted by molar-refractivity contribution is 1.12. The molecule has 0 fully saturated rings. The highest BCUT2D eigenvalue weighted by atomic mass is 79.9. The molecule has 94 valence electrons. The number of hydrogen-bond donors (Lipinski definition) is 0. The molecule has 0 nitrogen and oxygen atoms in total. The van der Waals surface area contributed by atoms with Gasteiger partial charge in [0.2, 0.25) is 0 Å². The van der Waals surface area contributed by atoms with Gasteiger partial charge >= 0.3 is 0 Å². The minimum Gasteiger partial charge on any atom is -0.129 e. The molecule has 0 aliphatic heterocycles. The minimum atomic E-state index is 0.0749. The highest BCUT2D eigenvalue weighted by Gasteiger charge is 2.16. The second-order valence-corrected chi connectivity index (χ2v) is 6.38. The van der Waals surface area contributed by atoms with Crippen molar-refractivity contribution in [2.45, 2.75) is 9.72 Å². The summed E-state index contributed by atoms with van der Waals surface area (Å²) >= 11 is 17.6. The molecule has 0 saturated carbocycles. The molecule has 1 unspecified atom stereocenters. The van der Waals surface area contributed by atoms with E-state index in [1.165, 1.54) is 10.5 Å². The molecule has 2 aromatic rings. The summed E-state index contributed by atoms with van der Waals surface area (Å²) in [5, 5.41) is 1.34. The van der Waals surface area contributed by atoms with Gasteiger partial charge in [-0.25, -0.2) is 0 Å². The molecule has 0 aromatic heterocycles. The molecular formula is C14H11BrCl2S. The average molecular weight is 362 g/mol. The summed E-state index contributed by atoms with van der Waals surface area (Å²) < 4.78 is 0. The van der Waals surface area contributed by atoms with Crippen LogP contribution in [0.4, 0.5) is 0 Å². The maximum atomic E-state index is 6.25. The Hall–Kier alpha value is -0.150. The zero-order valence-electron chi connectivity index (χ0n) is 9.66. The van der Waals surface area contributed by atoms with Crippen LogP contribution in [0.2, 0.25) is 10.0 Å². The van der Waals surface area contributed by atoms with E-state index in [9.17, 15) is 0 Å². The third kappa shape index (κ3) is 3.05. The van der Waals surface area contributed by atoms with Crippen molar-refractivity contribution in [3.05, 3.63) is 63.6 Å². The van der Waals surface area contributed by atoms with E-state index < -0.39 is 0 Å². The number of halogens is 3. The lowest BCUT2D eigenvalue weighted by Gasteiger charge is -2.15. The van der Waals surface area contributed by atoms with Gasteiger partial charge < -0.3 is 0 Å². The van der Waals surface area contributed by atoms with Crippen molar-refractivity contribution < 1.29 is 0 Å². The topological polar surface area (TPSA) is 0 Å². The largest absolute Gasteiger partial charge is 0.129 e. The van der Waals surface area contributed by atoms with Crippen LogP contribution in [0.25, 0.3) is 0 Å². The highest BCUT2D eigenvalue weighted by Crippen LogP contribution is 2.39. The summed E-state index contributed by atoms with van der Waals surface area (Å²) in [5.74, 6) is 0. The fourth-order valence-corrected chi connectivity index (χ4v) is 3.99. The molecule has 0 radical (unpaired) electrons. The van der Waals surface area contributed by atoms with Crippen molar-refractivity contribution in [2.24, 2.45) is 0 Å². The predicted molar refractivity (Wildman–Crippen MR) is 85.5 cm³/mol. The normalized spacial score (nSPS) is 12.4. The highest BCUT2D eigenvalue weighted by molar-refractivity contribution is 9.09. The van der Waals surface area contributed by atoms with Gasteiger partial charge in [-0.05, 0) is 35.6 Å². The van der Waals surface area contributed by atoms with Crippen LogP contribution in [0.3, 0.4) is 0 Å². The zero-order valence-corrected chi connectivity index (χ0v) is 13.6. The first-order chi connectivity index (χ1) is 8.63. The fourth-order valence-electron chi connectivity index (χ4n) is 1.75. The van der Waals surface area contributed by atoms with E-state index in [1.54, 1.807) is 17.8 Å². The molecule has 0 heterocycles. The van der Waals surface area contributed by atoms with Crippen LogP contribution >= 0.6 is 50.9 Å². The van der Waals surface area contributed by atoms with Crippen LogP contribution in [-0.2, 0) is 0 Å². The van der Waals surface area contributed by atoms with Crippen LogP contribution < -0.4 is 0 Å². The predicted octanol–water partition coefficient (Wildman–Crippen LogP) is 6.20. The molecule has 0 bridgehead atoms. The molecule has 18 heavy (non-hydrogen) atoms. The van der Waals surface area contributed by atoms with Crippen molar-refractivity contribution in [3.8, 4) is 0 Å². The maximum Gasteiger partial charge on any atom is 0.0670 e. The van der Waals surface area contributed by atoms with Gasteiger partial charge in [-0.2, -0.15) is 0 Å². The average Bonchev–Trinajstić information content (AvgIpc) is 2.38. The molecular weight excluding hydrogens is 351 g/mol. The van der Waals surface area contributed by atoms with E-state index >= 15 is 0 Å². The standard InChI is InChI=1S/C14H11BrCl2S/c1-18-13-5-3-2-4-11(13)14(15)10-7-6-9(16)8-12(10)17/h2-8,14H,1H3. The van der Waals surface area contributed by atoms with Gasteiger partial charge in [0.15, 0.2) is 0 Å². The Balaban J connectivity index is 2.44. The minimum absolute atomic E-state index is 0.0749. The van der Waals surface area contributed by atoms with Crippen molar-refractivity contribution >= 4 is 50.9 Å². The summed E-state index contributed by atoms with van der Waals surface area (Å²) in [5.41, 5.74) is 2.25. The Morgan fingerprint density at radius 3 is 2.44 bits per heavy atom. The van der Waals surface area contributed by atoms with Gasteiger partial charge in [-0.15, -0.1) is 11.8 Å². The van der Waals surface area contributed by atoms with E-state index in [2.05, 4.69) is 34.3 Å². The lowest BCUT2D eigenvalue weighted by atomic mass is 10.0. The number of alkyl halides is 1.